The molecule has 1 N–H and O–H groups in total. The lowest BCUT2D eigenvalue weighted by Crippen LogP contribution is -2.37. The van der Waals surface area contributed by atoms with E-state index in [1.807, 2.05) is 42.8 Å². The van der Waals surface area contributed by atoms with Crippen molar-refractivity contribution in [3.8, 4) is 0 Å². The van der Waals surface area contributed by atoms with Crippen molar-refractivity contribution < 1.29 is 4.79 Å². The minimum atomic E-state index is 0.0223. The standard InChI is InChI=1S/C15H17N3OS/c1-11-4-2-3-5-13(11)14(19)17-12-6-8-18(10-12)15-16-7-9-20-15/h2-5,7,9,12H,6,8,10H2,1H3,(H,17,19). The lowest BCUT2D eigenvalue weighted by atomic mass is 10.1. The van der Waals surface area contributed by atoms with Crippen LogP contribution in [0.2, 0.25) is 0 Å². The van der Waals surface area contributed by atoms with Crippen molar-refractivity contribution in [2.45, 2.75) is 19.4 Å². The summed E-state index contributed by atoms with van der Waals surface area (Å²) in [7, 11) is 0. The van der Waals surface area contributed by atoms with Gasteiger partial charge in [-0.25, -0.2) is 4.98 Å². The number of hydrogen-bond donors (Lipinski definition) is 1. The fraction of sp³-hybridized carbons (Fsp3) is 0.333. The predicted molar refractivity (Wildman–Crippen MR) is 81.4 cm³/mol. The summed E-state index contributed by atoms with van der Waals surface area (Å²) in [6.45, 7) is 3.75. The molecule has 3 rings (SSSR count). The Hall–Kier alpha value is -1.88. The summed E-state index contributed by atoms with van der Waals surface area (Å²) in [6, 6.07) is 7.89. The SMILES string of the molecule is Cc1ccccc1C(=O)NC1CCN(c2nccs2)C1. The summed E-state index contributed by atoms with van der Waals surface area (Å²) >= 11 is 1.64. The van der Waals surface area contributed by atoms with Gasteiger partial charge in [0.2, 0.25) is 0 Å². The number of aryl methyl sites for hydroxylation is 1. The number of carbonyl (C=O) groups is 1. The van der Waals surface area contributed by atoms with Crippen molar-refractivity contribution in [1.82, 2.24) is 10.3 Å². The largest absolute Gasteiger partial charge is 0.347 e. The number of nitrogens with one attached hydrogen (secondary N) is 1. The monoisotopic (exact) mass is 287 g/mol. The number of hydrogen-bond acceptors (Lipinski definition) is 4. The van der Waals surface area contributed by atoms with Crippen LogP contribution < -0.4 is 10.2 Å². The lowest BCUT2D eigenvalue weighted by molar-refractivity contribution is 0.0940. The number of amides is 1. The first kappa shape index (κ1) is 13.1. The van der Waals surface area contributed by atoms with Gasteiger partial charge < -0.3 is 10.2 Å². The lowest BCUT2D eigenvalue weighted by Gasteiger charge is -2.16. The molecular formula is C15H17N3OS. The normalized spacial score (nSPS) is 18.2. The molecule has 0 saturated carbocycles. The summed E-state index contributed by atoms with van der Waals surface area (Å²) in [6.07, 6.45) is 2.79. The second kappa shape index (κ2) is 5.63. The Morgan fingerprint density at radius 3 is 3.05 bits per heavy atom. The topological polar surface area (TPSA) is 45.2 Å². The van der Waals surface area contributed by atoms with Gasteiger partial charge in [-0.15, -0.1) is 11.3 Å². The van der Waals surface area contributed by atoms with E-state index in [1.54, 1.807) is 11.3 Å². The van der Waals surface area contributed by atoms with Crippen LogP contribution in [-0.2, 0) is 0 Å². The average Bonchev–Trinajstić information content (AvgIpc) is 3.09. The zero-order valence-electron chi connectivity index (χ0n) is 11.4. The molecule has 1 unspecified atom stereocenters. The fourth-order valence-corrected chi connectivity index (χ4v) is 3.19. The molecule has 0 aliphatic carbocycles. The van der Waals surface area contributed by atoms with Crippen LogP contribution in [0.4, 0.5) is 5.13 Å². The van der Waals surface area contributed by atoms with Gasteiger partial charge in [-0.1, -0.05) is 18.2 Å². The van der Waals surface area contributed by atoms with Crippen molar-refractivity contribution in [2.24, 2.45) is 0 Å². The summed E-state index contributed by atoms with van der Waals surface area (Å²) in [5.74, 6) is 0.0223. The van der Waals surface area contributed by atoms with E-state index in [0.717, 1.165) is 35.8 Å². The number of carbonyl (C=O) groups excluding carboxylic acids is 1. The first-order chi connectivity index (χ1) is 9.74. The van der Waals surface area contributed by atoms with Crippen molar-refractivity contribution in [2.75, 3.05) is 18.0 Å². The predicted octanol–water partition coefficient (Wildman–Crippen LogP) is 2.46. The number of anilines is 1. The third kappa shape index (κ3) is 2.67. The molecule has 0 radical (unpaired) electrons. The van der Waals surface area contributed by atoms with E-state index in [2.05, 4.69) is 15.2 Å². The van der Waals surface area contributed by atoms with E-state index in [1.165, 1.54) is 0 Å². The maximum atomic E-state index is 12.3. The van der Waals surface area contributed by atoms with Gasteiger partial charge in [-0.05, 0) is 25.0 Å². The Kier molecular flexibility index (Phi) is 3.69. The number of thiazole rings is 1. The minimum Gasteiger partial charge on any atom is -0.347 e. The van der Waals surface area contributed by atoms with E-state index < -0.39 is 0 Å². The molecular weight excluding hydrogens is 270 g/mol. The molecule has 104 valence electrons. The first-order valence-electron chi connectivity index (χ1n) is 6.75. The van der Waals surface area contributed by atoms with Crippen LogP contribution in [0.5, 0.6) is 0 Å². The molecule has 1 saturated heterocycles. The molecule has 4 nitrogen and oxygen atoms in total. The number of rotatable bonds is 3. The third-order valence-electron chi connectivity index (χ3n) is 3.60. The minimum absolute atomic E-state index is 0.0223. The van der Waals surface area contributed by atoms with Gasteiger partial charge in [-0.2, -0.15) is 0 Å². The van der Waals surface area contributed by atoms with Crippen LogP contribution in [0.15, 0.2) is 35.8 Å². The van der Waals surface area contributed by atoms with Gasteiger partial charge >= 0.3 is 0 Å². The highest BCUT2D eigenvalue weighted by Crippen LogP contribution is 2.22. The van der Waals surface area contributed by atoms with Crippen LogP contribution in [0.1, 0.15) is 22.3 Å². The van der Waals surface area contributed by atoms with E-state index in [-0.39, 0.29) is 11.9 Å². The van der Waals surface area contributed by atoms with E-state index in [4.69, 9.17) is 0 Å². The molecule has 0 bridgehead atoms. The van der Waals surface area contributed by atoms with Gasteiger partial charge in [0.05, 0.1) is 0 Å². The van der Waals surface area contributed by atoms with E-state index in [0.29, 0.717) is 0 Å². The van der Waals surface area contributed by atoms with Crippen LogP contribution in [0.3, 0.4) is 0 Å². The van der Waals surface area contributed by atoms with Gasteiger partial charge in [0.1, 0.15) is 0 Å². The van der Waals surface area contributed by atoms with Crippen molar-refractivity contribution in [3.05, 3.63) is 47.0 Å². The molecule has 1 amide bonds. The van der Waals surface area contributed by atoms with Crippen LogP contribution in [0, 0.1) is 6.92 Å². The van der Waals surface area contributed by atoms with Gasteiger partial charge in [-0.3, -0.25) is 4.79 Å². The van der Waals surface area contributed by atoms with Crippen molar-refractivity contribution >= 4 is 22.4 Å². The fourth-order valence-electron chi connectivity index (χ4n) is 2.51. The molecule has 5 heteroatoms. The number of aromatic nitrogens is 1. The van der Waals surface area contributed by atoms with Gasteiger partial charge in [0.25, 0.3) is 5.91 Å². The zero-order chi connectivity index (χ0) is 13.9. The highest BCUT2D eigenvalue weighted by molar-refractivity contribution is 7.13. The summed E-state index contributed by atoms with van der Waals surface area (Å²) in [5, 5.41) is 6.14. The van der Waals surface area contributed by atoms with Crippen LogP contribution >= 0.6 is 11.3 Å². The average molecular weight is 287 g/mol. The highest BCUT2D eigenvalue weighted by atomic mass is 32.1. The first-order valence-corrected chi connectivity index (χ1v) is 7.63. The molecule has 1 fully saturated rings. The Morgan fingerprint density at radius 2 is 2.30 bits per heavy atom. The molecule has 0 spiro atoms. The maximum absolute atomic E-state index is 12.3. The molecule has 20 heavy (non-hydrogen) atoms. The van der Waals surface area contributed by atoms with Crippen molar-refractivity contribution in [1.29, 1.82) is 0 Å². The molecule has 1 aromatic carbocycles. The molecule has 1 atom stereocenters. The second-order valence-corrected chi connectivity index (χ2v) is 5.91. The highest BCUT2D eigenvalue weighted by Gasteiger charge is 2.25. The Morgan fingerprint density at radius 1 is 1.45 bits per heavy atom. The van der Waals surface area contributed by atoms with Gasteiger partial charge in [0, 0.05) is 36.3 Å². The number of benzene rings is 1. The molecule has 1 aliphatic rings. The summed E-state index contributed by atoms with van der Waals surface area (Å²) in [4.78, 5) is 18.8. The Balaban J connectivity index is 1.62. The van der Waals surface area contributed by atoms with Crippen LogP contribution in [0.25, 0.3) is 0 Å². The smallest absolute Gasteiger partial charge is 0.251 e. The maximum Gasteiger partial charge on any atom is 0.251 e. The Bertz CT molecular complexity index is 597. The molecule has 2 aromatic rings. The molecule has 2 heterocycles. The number of nitrogens with zero attached hydrogens (tertiary/aromatic N) is 2. The van der Waals surface area contributed by atoms with Crippen LogP contribution in [-0.4, -0.2) is 30.0 Å². The summed E-state index contributed by atoms with van der Waals surface area (Å²) < 4.78 is 0. The summed E-state index contributed by atoms with van der Waals surface area (Å²) in [5.41, 5.74) is 1.78. The van der Waals surface area contributed by atoms with E-state index >= 15 is 0 Å². The second-order valence-electron chi connectivity index (χ2n) is 5.03. The quantitative estimate of drug-likeness (QED) is 0.943. The van der Waals surface area contributed by atoms with Crippen molar-refractivity contribution in [3.63, 3.8) is 0 Å². The van der Waals surface area contributed by atoms with E-state index in [9.17, 15) is 4.79 Å². The Labute approximate surface area is 122 Å². The third-order valence-corrected chi connectivity index (χ3v) is 4.44. The zero-order valence-corrected chi connectivity index (χ0v) is 12.2. The van der Waals surface area contributed by atoms with Gasteiger partial charge in [0.15, 0.2) is 5.13 Å². The molecule has 1 aromatic heterocycles. The molecule has 1 aliphatic heterocycles.